The lowest BCUT2D eigenvalue weighted by atomic mass is 9.81. The van der Waals surface area contributed by atoms with Gasteiger partial charge in [-0.3, -0.25) is 14.9 Å². The molecule has 1 aromatic carbocycles. The minimum absolute atomic E-state index is 0.0266. The van der Waals surface area contributed by atoms with Gasteiger partial charge in [0.25, 0.3) is 5.69 Å². The molecule has 5 heteroatoms. The van der Waals surface area contributed by atoms with Crippen LogP contribution in [0.4, 0.5) is 5.69 Å². The zero-order chi connectivity index (χ0) is 11.8. The van der Waals surface area contributed by atoms with Gasteiger partial charge in [-0.05, 0) is 12.5 Å². The number of benzene rings is 1. The number of rotatable bonds is 2. The average molecular weight is 221 g/mol. The first kappa shape index (κ1) is 10.6. The van der Waals surface area contributed by atoms with Gasteiger partial charge >= 0.3 is 5.97 Å². The first-order valence-corrected chi connectivity index (χ1v) is 4.96. The quantitative estimate of drug-likeness (QED) is 0.433. The first-order chi connectivity index (χ1) is 7.54. The zero-order valence-corrected chi connectivity index (χ0v) is 8.80. The number of hydrogen-bond donors (Lipinski definition) is 0. The van der Waals surface area contributed by atoms with Crippen LogP contribution in [0.3, 0.4) is 0 Å². The molecule has 1 unspecified atom stereocenters. The fourth-order valence-electron chi connectivity index (χ4n) is 1.82. The second-order valence-electron chi connectivity index (χ2n) is 4.02. The molecule has 1 atom stereocenters. The van der Waals surface area contributed by atoms with Crippen LogP contribution >= 0.6 is 0 Å². The van der Waals surface area contributed by atoms with E-state index < -0.39 is 10.3 Å². The smallest absolute Gasteiger partial charge is 0.316 e. The topological polar surface area (TPSA) is 69.4 Å². The number of nitrogens with zero attached hydrogens (tertiary/aromatic N) is 1. The summed E-state index contributed by atoms with van der Waals surface area (Å²) in [7, 11) is 0. The number of nitro benzene ring substituents is 1. The monoisotopic (exact) mass is 221 g/mol. The molecule has 0 spiro atoms. The van der Waals surface area contributed by atoms with Crippen molar-refractivity contribution in [1.82, 2.24) is 0 Å². The molecule has 0 aliphatic carbocycles. The number of carbonyl (C=O) groups excluding carboxylic acids is 1. The summed E-state index contributed by atoms with van der Waals surface area (Å²) in [6.45, 7) is 2.20. The summed E-state index contributed by atoms with van der Waals surface area (Å²) in [6.07, 6.45) is 0.615. The van der Waals surface area contributed by atoms with Crippen molar-refractivity contribution in [3.8, 4) is 0 Å². The lowest BCUT2D eigenvalue weighted by Crippen LogP contribution is -2.27. The van der Waals surface area contributed by atoms with Crippen molar-refractivity contribution in [2.75, 3.05) is 6.61 Å². The second kappa shape index (κ2) is 3.59. The lowest BCUT2D eigenvalue weighted by molar-refractivity contribution is -0.384. The highest BCUT2D eigenvalue weighted by atomic mass is 16.6. The highest BCUT2D eigenvalue weighted by Gasteiger charge is 2.41. The summed E-state index contributed by atoms with van der Waals surface area (Å²) >= 11 is 0. The molecule has 1 heterocycles. The Bertz CT molecular complexity index is 440. The summed E-state index contributed by atoms with van der Waals surface area (Å²) in [4.78, 5) is 21.6. The maximum atomic E-state index is 11.6. The summed E-state index contributed by atoms with van der Waals surface area (Å²) in [5.41, 5.74) is 0.133. The fraction of sp³-hybridized carbons (Fsp3) is 0.364. The van der Waals surface area contributed by atoms with Crippen molar-refractivity contribution >= 4 is 11.7 Å². The van der Waals surface area contributed by atoms with E-state index in [4.69, 9.17) is 4.74 Å². The Hall–Kier alpha value is -1.91. The maximum Gasteiger partial charge on any atom is 0.316 e. The van der Waals surface area contributed by atoms with Gasteiger partial charge in [0.1, 0.15) is 0 Å². The third-order valence-corrected chi connectivity index (χ3v) is 3.00. The number of carbonyl (C=O) groups is 1. The Morgan fingerprint density at radius 3 is 2.44 bits per heavy atom. The van der Waals surface area contributed by atoms with Gasteiger partial charge in [-0.15, -0.1) is 0 Å². The number of non-ortho nitro benzene ring substituents is 1. The number of nitro groups is 1. The molecule has 5 nitrogen and oxygen atoms in total. The number of esters is 1. The minimum Gasteiger partial charge on any atom is -0.465 e. The third kappa shape index (κ3) is 1.54. The minimum atomic E-state index is -0.658. The van der Waals surface area contributed by atoms with Crippen LogP contribution < -0.4 is 0 Å². The predicted octanol–water partition coefficient (Wildman–Crippen LogP) is 1.80. The standard InChI is InChI=1S/C11H11NO4/c1-11(6-7-16-10(11)13)8-2-4-9(5-3-8)12(14)15/h2-5H,6-7H2,1H3. The third-order valence-electron chi connectivity index (χ3n) is 3.00. The summed E-state index contributed by atoms with van der Waals surface area (Å²) in [5.74, 6) is -0.263. The van der Waals surface area contributed by atoms with E-state index in [0.717, 1.165) is 5.56 Å². The Labute approximate surface area is 92.2 Å². The summed E-state index contributed by atoms with van der Waals surface area (Å²) in [6, 6.07) is 6.05. The molecular weight excluding hydrogens is 210 g/mol. The van der Waals surface area contributed by atoms with Crippen LogP contribution in [0.25, 0.3) is 0 Å². The predicted molar refractivity (Wildman–Crippen MR) is 56.0 cm³/mol. The highest BCUT2D eigenvalue weighted by Crippen LogP contribution is 2.34. The molecule has 1 aliphatic heterocycles. The van der Waals surface area contributed by atoms with Crippen molar-refractivity contribution in [2.45, 2.75) is 18.8 Å². The number of ether oxygens (including phenoxy) is 1. The highest BCUT2D eigenvalue weighted by molar-refractivity contribution is 5.84. The Balaban J connectivity index is 2.34. The Morgan fingerprint density at radius 1 is 1.38 bits per heavy atom. The number of hydrogen-bond acceptors (Lipinski definition) is 4. The molecular formula is C11H11NO4. The molecule has 1 aliphatic rings. The maximum absolute atomic E-state index is 11.6. The fourth-order valence-corrected chi connectivity index (χ4v) is 1.82. The largest absolute Gasteiger partial charge is 0.465 e. The van der Waals surface area contributed by atoms with Gasteiger partial charge in [-0.1, -0.05) is 12.1 Å². The van der Waals surface area contributed by atoms with E-state index in [9.17, 15) is 14.9 Å². The van der Waals surface area contributed by atoms with Crippen molar-refractivity contribution < 1.29 is 14.5 Å². The van der Waals surface area contributed by atoms with Gasteiger partial charge < -0.3 is 4.74 Å². The Morgan fingerprint density at radius 2 is 2.00 bits per heavy atom. The van der Waals surface area contributed by atoms with E-state index in [1.165, 1.54) is 12.1 Å². The van der Waals surface area contributed by atoms with E-state index in [0.29, 0.717) is 13.0 Å². The molecule has 0 N–H and O–H groups in total. The molecule has 0 bridgehead atoms. The number of cyclic esters (lactones) is 1. The van der Waals surface area contributed by atoms with Crippen molar-refractivity contribution in [1.29, 1.82) is 0 Å². The van der Waals surface area contributed by atoms with Gasteiger partial charge in [-0.25, -0.2) is 0 Å². The zero-order valence-electron chi connectivity index (χ0n) is 8.80. The molecule has 16 heavy (non-hydrogen) atoms. The van der Waals surface area contributed by atoms with E-state index in [-0.39, 0.29) is 11.7 Å². The van der Waals surface area contributed by atoms with E-state index >= 15 is 0 Å². The van der Waals surface area contributed by atoms with Crippen molar-refractivity contribution in [2.24, 2.45) is 0 Å². The van der Waals surface area contributed by atoms with E-state index in [2.05, 4.69) is 0 Å². The second-order valence-corrected chi connectivity index (χ2v) is 4.02. The van der Waals surface area contributed by atoms with Crippen LogP contribution in [0.15, 0.2) is 24.3 Å². The molecule has 1 fully saturated rings. The van der Waals surface area contributed by atoms with Gasteiger partial charge in [0.2, 0.25) is 0 Å². The Kier molecular flexibility index (Phi) is 2.38. The van der Waals surface area contributed by atoms with Gasteiger partial charge in [0, 0.05) is 18.6 Å². The summed E-state index contributed by atoms with van der Waals surface area (Å²) in [5, 5.41) is 10.5. The lowest BCUT2D eigenvalue weighted by Gasteiger charge is -2.18. The van der Waals surface area contributed by atoms with Crippen LogP contribution in [-0.2, 0) is 14.9 Å². The molecule has 0 aromatic heterocycles. The van der Waals surface area contributed by atoms with Crippen LogP contribution in [0.1, 0.15) is 18.9 Å². The van der Waals surface area contributed by atoms with Crippen molar-refractivity contribution in [3.05, 3.63) is 39.9 Å². The molecule has 84 valence electrons. The van der Waals surface area contributed by atoms with Crippen LogP contribution in [0.5, 0.6) is 0 Å². The van der Waals surface area contributed by atoms with E-state index in [1.54, 1.807) is 19.1 Å². The van der Waals surface area contributed by atoms with Gasteiger partial charge in [0.15, 0.2) is 0 Å². The molecule has 0 amide bonds. The molecule has 2 rings (SSSR count). The molecule has 1 aromatic rings. The summed E-state index contributed by atoms with van der Waals surface area (Å²) < 4.78 is 4.93. The average Bonchev–Trinajstić information content (AvgIpc) is 2.61. The first-order valence-electron chi connectivity index (χ1n) is 4.96. The van der Waals surface area contributed by atoms with Gasteiger partial charge in [-0.2, -0.15) is 0 Å². The SMILES string of the molecule is CC1(c2ccc([N+](=O)[O-])cc2)CCOC1=O. The van der Waals surface area contributed by atoms with Crippen LogP contribution in [0.2, 0.25) is 0 Å². The molecule has 0 radical (unpaired) electrons. The normalized spacial score (nSPS) is 24.2. The van der Waals surface area contributed by atoms with Crippen molar-refractivity contribution in [3.63, 3.8) is 0 Å². The van der Waals surface area contributed by atoms with E-state index in [1.807, 2.05) is 0 Å². The van der Waals surface area contributed by atoms with Gasteiger partial charge in [0.05, 0.1) is 16.9 Å². The molecule has 1 saturated heterocycles. The molecule has 0 saturated carbocycles. The van der Waals surface area contributed by atoms with Crippen LogP contribution in [-0.4, -0.2) is 17.5 Å². The van der Waals surface area contributed by atoms with Crippen LogP contribution in [0, 0.1) is 10.1 Å².